The number of nitrogens with one attached hydrogen (secondary N) is 2. The number of carbonyl (C=O) groups is 1. The number of carbonyl (C=O) groups excluding carboxylic acids is 1. The summed E-state index contributed by atoms with van der Waals surface area (Å²) in [6.07, 6.45) is 1.24. The summed E-state index contributed by atoms with van der Waals surface area (Å²) in [7, 11) is 0. The molecule has 2 N–H and O–H groups in total. The Morgan fingerprint density at radius 3 is 2.47 bits per heavy atom. The number of benzene rings is 3. The summed E-state index contributed by atoms with van der Waals surface area (Å²) in [6, 6.07) is 23.7. The van der Waals surface area contributed by atoms with Gasteiger partial charge in [0, 0.05) is 22.7 Å². The molecule has 32 heavy (non-hydrogen) atoms. The second kappa shape index (κ2) is 8.71. The Balaban J connectivity index is 1.55. The number of hydrogen-bond acceptors (Lipinski definition) is 4. The highest BCUT2D eigenvalue weighted by molar-refractivity contribution is 6.30. The van der Waals surface area contributed by atoms with Crippen molar-refractivity contribution in [2.45, 2.75) is 31.7 Å². The Morgan fingerprint density at radius 1 is 0.938 bits per heavy atom. The molecule has 0 saturated carbocycles. The normalized spacial score (nSPS) is 19.9. The highest BCUT2D eigenvalue weighted by Crippen LogP contribution is 2.44. The average molecular weight is 445 g/mol. The lowest BCUT2D eigenvalue weighted by Crippen LogP contribution is -2.26. The zero-order valence-corrected chi connectivity index (χ0v) is 18.7. The van der Waals surface area contributed by atoms with Crippen LogP contribution < -0.4 is 15.4 Å². The van der Waals surface area contributed by atoms with E-state index < -0.39 is 0 Å². The maximum Gasteiger partial charge on any atom is 0.163 e. The molecular formula is C27H25ClN2O2. The predicted octanol–water partition coefficient (Wildman–Crippen LogP) is 6.72. The third-order valence-corrected chi connectivity index (χ3v) is 6.39. The minimum Gasteiger partial charge on any atom is -0.494 e. The molecule has 0 radical (unpaired) electrons. The predicted molar refractivity (Wildman–Crippen MR) is 129 cm³/mol. The van der Waals surface area contributed by atoms with Gasteiger partial charge in [-0.2, -0.15) is 0 Å². The van der Waals surface area contributed by atoms with Crippen LogP contribution in [0.5, 0.6) is 5.75 Å². The minimum absolute atomic E-state index is 0.120. The third kappa shape index (κ3) is 3.98. The van der Waals surface area contributed by atoms with Gasteiger partial charge in [0.15, 0.2) is 5.78 Å². The van der Waals surface area contributed by atoms with Crippen molar-refractivity contribution in [1.29, 1.82) is 0 Å². The fraction of sp³-hybridized carbons (Fsp3) is 0.222. The largest absolute Gasteiger partial charge is 0.494 e. The lowest BCUT2D eigenvalue weighted by Gasteiger charge is -2.30. The van der Waals surface area contributed by atoms with Gasteiger partial charge in [-0.1, -0.05) is 48.0 Å². The quantitative estimate of drug-likeness (QED) is 0.469. The number of para-hydroxylation sites is 2. The van der Waals surface area contributed by atoms with Crippen LogP contribution in [0, 0.1) is 0 Å². The first-order valence-electron chi connectivity index (χ1n) is 11.0. The van der Waals surface area contributed by atoms with Gasteiger partial charge in [-0.3, -0.25) is 4.79 Å². The first-order chi connectivity index (χ1) is 15.6. The third-order valence-electron chi connectivity index (χ3n) is 6.15. The van der Waals surface area contributed by atoms with Gasteiger partial charge >= 0.3 is 0 Å². The van der Waals surface area contributed by atoms with E-state index in [-0.39, 0.29) is 17.7 Å². The Hall–Kier alpha value is -3.24. The van der Waals surface area contributed by atoms with Gasteiger partial charge in [0.1, 0.15) is 5.75 Å². The highest BCUT2D eigenvalue weighted by Gasteiger charge is 2.36. The molecule has 162 valence electrons. The van der Waals surface area contributed by atoms with Crippen LogP contribution in [0.2, 0.25) is 5.02 Å². The maximum absolute atomic E-state index is 13.6. The van der Waals surface area contributed by atoms with Crippen molar-refractivity contribution in [3.8, 4) is 5.75 Å². The maximum atomic E-state index is 13.6. The zero-order valence-electron chi connectivity index (χ0n) is 17.9. The van der Waals surface area contributed by atoms with Crippen molar-refractivity contribution in [3.05, 3.63) is 100 Å². The molecule has 5 rings (SSSR count). The van der Waals surface area contributed by atoms with E-state index in [1.807, 2.05) is 67.6 Å². The molecule has 1 heterocycles. The first kappa shape index (κ1) is 20.7. The summed E-state index contributed by atoms with van der Waals surface area (Å²) in [6.45, 7) is 2.61. The monoisotopic (exact) mass is 444 g/mol. The fourth-order valence-corrected chi connectivity index (χ4v) is 4.87. The molecular weight excluding hydrogens is 420 g/mol. The molecule has 2 unspecified atom stereocenters. The Bertz CT molecular complexity index is 1190. The lowest BCUT2D eigenvalue weighted by molar-refractivity contribution is -0.116. The standard InChI is InChI=1S/C27H25ClN2O2/c1-2-32-21-12-10-17(11-13-21)19-15-24-26(25(31)16-19)27(18-6-5-7-20(28)14-18)30-23-9-4-3-8-22(23)29-24/h3-14,19,27,29-30H,2,15-16H2,1H3. The fourth-order valence-electron chi connectivity index (χ4n) is 4.67. The molecule has 2 aliphatic rings. The second-order valence-corrected chi connectivity index (χ2v) is 8.66. The molecule has 0 amide bonds. The van der Waals surface area contributed by atoms with Gasteiger partial charge in [-0.15, -0.1) is 0 Å². The van der Waals surface area contributed by atoms with E-state index in [0.717, 1.165) is 45.9 Å². The summed E-state index contributed by atoms with van der Waals surface area (Å²) < 4.78 is 5.58. The van der Waals surface area contributed by atoms with Gasteiger partial charge in [0.2, 0.25) is 0 Å². The highest BCUT2D eigenvalue weighted by atomic mass is 35.5. The molecule has 0 aromatic heterocycles. The smallest absolute Gasteiger partial charge is 0.163 e. The van der Waals surface area contributed by atoms with Crippen LogP contribution in [0.25, 0.3) is 0 Å². The van der Waals surface area contributed by atoms with Crippen LogP contribution in [0.4, 0.5) is 11.4 Å². The number of ether oxygens (including phenoxy) is 1. The van der Waals surface area contributed by atoms with E-state index in [9.17, 15) is 4.79 Å². The van der Waals surface area contributed by atoms with Crippen molar-refractivity contribution < 1.29 is 9.53 Å². The Labute approximate surface area is 193 Å². The molecule has 3 aromatic carbocycles. The Morgan fingerprint density at radius 2 is 1.72 bits per heavy atom. The van der Waals surface area contributed by atoms with Gasteiger partial charge < -0.3 is 15.4 Å². The molecule has 0 spiro atoms. The van der Waals surface area contributed by atoms with Crippen molar-refractivity contribution in [2.75, 3.05) is 17.2 Å². The summed E-state index contributed by atoms with van der Waals surface area (Å²) in [5.74, 6) is 1.13. The Kier molecular flexibility index (Phi) is 5.62. The summed E-state index contributed by atoms with van der Waals surface area (Å²) >= 11 is 6.30. The summed E-state index contributed by atoms with van der Waals surface area (Å²) in [5.41, 5.74) is 5.85. The molecule has 0 bridgehead atoms. The number of rotatable bonds is 4. The molecule has 0 fully saturated rings. The number of halogens is 1. The number of fused-ring (bicyclic) bond motifs is 1. The molecule has 3 aromatic rings. The van der Waals surface area contributed by atoms with E-state index in [1.54, 1.807) is 0 Å². The van der Waals surface area contributed by atoms with Gasteiger partial charge in [-0.05, 0) is 66.8 Å². The lowest BCUT2D eigenvalue weighted by atomic mass is 9.78. The number of ketones is 1. The zero-order chi connectivity index (χ0) is 22.1. The van der Waals surface area contributed by atoms with Crippen LogP contribution in [0.15, 0.2) is 84.1 Å². The van der Waals surface area contributed by atoms with Crippen LogP contribution in [-0.4, -0.2) is 12.4 Å². The molecule has 4 nitrogen and oxygen atoms in total. The van der Waals surface area contributed by atoms with E-state index in [2.05, 4.69) is 22.8 Å². The number of hydrogen-bond donors (Lipinski definition) is 2. The van der Waals surface area contributed by atoms with Crippen LogP contribution in [0.1, 0.15) is 42.9 Å². The molecule has 1 aliphatic heterocycles. The SMILES string of the molecule is CCOc1ccc(C2CC(=O)C3=C(C2)Nc2ccccc2NC3c2cccc(Cl)c2)cc1. The second-order valence-electron chi connectivity index (χ2n) is 8.23. The van der Waals surface area contributed by atoms with E-state index in [1.165, 1.54) is 0 Å². The summed E-state index contributed by atoms with van der Waals surface area (Å²) in [4.78, 5) is 13.6. The van der Waals surface area contributed by atoms with Crippen molar-refractivity contribution in [2.24, 2.45) is 0 Å². The van der Waals surface area contributed by atoms with Crippen LogP contribution in [-0.2, 0) is 4.79 Å². The molecule has 1 aliphatic carbocycles. The summed E-state index contributed by atoms with van der Waals surface area (Å²) in [5, 5.41) is 7.83. The van der Waals surface area contributed by atoms with E-state index >= 15 is 0 Å². The molecule has 2 atom stereocenters. The van der Waals surface area contributed by atoms with Gasteiger partial charge in [0.05, 0.1) is 24.0 Å². The first-order valence-corrected chi connectivity index (χ1v) is 11.4. The van der Waals surface area contributed by atoms with E-state index in [4.69, 9.17) is 16.3 Å². The number of allylic oxidation sites excluding steroid dienone is 1. The number of anilines is 2. The topological polar surface area (TPSA) is 50.4 Å². The molecule has 5 heteroatoms. The van der Waals surface area contributed by atoms with Gasteiger partial charge in [0.25, 0.3) is 0 Å². The van der Waals surface area contributed by atoms with E-state index in [0.29, 0.717) is 18.1 Å². The van der Waals surface area contributed by atoms with Gasteiger partial charge in [-0.25, -0.2) is 0 Å². The minimum atomic E-state index is -0.256. The number of Topliss-reactive ketones (excluding diaryl/α,β-unsaturated/α-hetero) is 1. The molecule has 0 saturated heterocycles. The van der Waals surface area contributed by atoms with Crippen LogP contribution >= 0.6 is 11.6 Å². The van der Waals surface area contributed by atoms with Crippen molar-refractivity contribution in [3.63, 3.8) is 0 Å². The van der Waals surface area contributed by atoms with Crippen molar-refractivity contribution >= 4 is 28.8 Å². The van der Waals surface area contributed by atoms with Crippen molar-refractivity contribution in [1.82, 2.24) is 0 Å². The average Bonchev–Trinajstić information content (AvgIpc) is 2.97. The van der Waals surface area contributed by atoms with Crippen LogP contribution in [0.3, 0.4) is 0 Å².